The molecule has 4 heteroatoms. The van der Waals surface area contributed by atoms with Gasteiger partial charge in [0, 0.05) is 11.1 Å². The molecule has 0 unspecified atom stereocenters. The fourth-order valence-corrected chi connectivity index (χ4v) is 2.20. The van der Waals surface area contributed by atoms with Gasteiger partial charge in [-0.05, 0) is 31.2 Å². The van der Waals surface area contributed by atoms with Crippen LogP contribution in [0.5, 0.6) is 5.75 Å². The van der Waals surface area contributed by atoms with Crippen molar-refractivity contribution in [2.45, 2.75) is 13.5 Å². The van der Waals surface area contributed by atoms with E-state index in [0.29, 0.717) is 11.8 Å². The standard InChI is InChI=1S/C16H13ClN2O/c1-11-8-9-12-4-2-6-14(16(12)18-11)20-10-13-5-3-7-15(17)19-13/h2-9H,10H2,1H3. The first-order chi connectivity index (χ1) is 9.72. The molecule has 1 aromatic carbocycles. The van der Waals surface area contributed by atoms with Gasteiger partial charge in [-0.15, -0.1) is 0 Å². The van der Waals surface area contributed by atoms with E-state index in [1.165, 1.54) is 0 Å². The SMILES string of the molecule is Cc1ccc2cccc(OCc3cccc(Cl)n3)c2n1. The lowest BCUT2D eigenvalue weighted by molar-refractivity contribution is 0.304. The molecule has 0 N–H and O–H groups in total. The third kappa shape index (κ3) is 2.73. The van der Waals surface area contributed by atoms with Crippen LogP contribution in [0.3, 0.4) is 0 Å². The molecule has 3 nitrogen and oxygen atoms in total. The van der Waals surface area contributed by atoms with Gasteiger partial charge in [0.05, 0.1) is 5.69 Å². The highest BCUT2D eigenvalue weighted by Crippen LogP contribution is 2.24. The Morgan fingerprint density at radius 3 is 2.70 bits per heavy atom. The molecule has 20 heavy (non-hydrogen) atoms. The van der Waals surface area contributed by atoms with Gasteiger partial charge in [0.2, 0.25) is 0 Å². The zero-order valence-corrected chi connectivity index (χ0v) is 11.8. The number of ether oxygens (including phenoxy) is 1. The zero-order chi connectivity index (χ0) is 13.9. The highest BCUT2D eigenvalue weighted by molar-refractivity contribution is 6.29. The number of rotatable bonds is 3. The van der Waals surface area contributed by atoms with E-state index < -0.39 is 0 Å². The summed E-state index contributed by atoms with van der Waals surface area (Å²) in [4.78, 5) is 8.74. The number of fused-ring (bicyclic) bond motifs is 1. The first kappa shape index (κ1) is 12.9. The summed E-state index contributed by atoms with van der Waals surface area (Å²) in [5, 5.41) is 1.53. The van der Waals surface area contributed by atoms with Crippen LogP contribution in [0.2, 0.25) is 5.15 Å². The summed E-state index contributed by atoms with van der Waals surface area (Å²) in [7, 11) is 0. The summed E-state index contributed by atoms with van der Waals surface area (Å²) in [6, 6.07) is 15.4. The summed E-state index contributed by atoms with van der Waals surface area (Å²) in [6.07, 6.45) is 0. The quantitative estimate of drug-likeness (QED) is 0.677. The molecule has 0 bridgehead atoms. The molecular weight excluding hydrogens is 272 g/mol. The lowest BCUT2D eigenvalue weighted by Gasteiger charge is -2.09. The van der Waals surface area contributed by atoms with Crippen molar-refractivity contribution in [2.24, 2.45) is 0 Å². The summed E-state index contributed by atoms with van der Waals surface area (Å²) in [5.41, 5.74) is 2.63. The van der Waals surface area contributed by atoms with Gasteiger partial charge in [-0.3, -0.25) is 0 Å². The number of halogens is 1. The average molecular weight is 285 g/mol. The maximum atomic E-state index is 5.86. The summed E-state index contributed by atoms with van der Waals surface area (Å²) in [5.74, 6) is 0.757. The van der Waals surface area contributed by atoms with E-state index in [9.17, 15) is 0 Å². The van der Waals surface area contributed by atoms with Crippen LogP contribution in [0.4, 0.5) is 0 Å². The van der Waals surface area contributed by atoms with Crippen molar-refractivity contribution in [3.05, 3.63) is 65.1 Å². The van der Waals surface area contributed by atoms with Gasteiger partial charge in [0.15, 0.2) is 0 Å². The Morgan fingerprint density at radius 1 is 1.00 bits per heavy atom. The summed E-state index contributed by atoms with van der Waals surface area (Å²) in [6.45, 7) is 2.34. The Kier molecular flexibility index (Phi) is 3.52. The first-order valence-corrected chi connectivity index (χ1v) is 6.71. The molecule has 0 fully saturated rings. The monoisotopic (exact) mass is 284 g/mol. The fraction of sp³-hybridized carbons (Fsp3) is 0.125. The molecule has 0 radical (unpaired) electrons. The van der Waals surface area contributed by atoms with Gasteiger partial charge in [-0.1, -0.05) is 35.9 Å². The second-order valence-electron chi connectivity index (χ2n) is 4.52. The first-order valence-electron chi connectivity index (χ1n) is 6.33. The van der Waals surface area contributed by atoms with Crippen LogP contribution < -0.4 is 4.74 Å². The van der Waals surface area contributed by atoms with Crippen molar-refractivity contribution in [3.8, 4) is 5.75 Å². The highest BCUT2D eigenvalue weighted by atomic mass is 35.5. The molecule has 0 aliphatic rings. The Labute approximate surface area is 122 Å². The van der Waals surface area contributed by atoms with Gasteiger partial charge in [0.25, 0.3) is 0 Å². The van der Waals surface area contributed by atoms with Crippen LogP contribution in [0.25, 0.3) is 10.9 Å². The third-order valence-electron chi connectivity index (χ3n) is 2.97. The van der Waals surface area contributed by atoms with E-state index in [2.05, 4.69) is 9.97 Å². The number of aromatic nitrogens is 2. The number of benzene rings is 1. The molecule has 0 aliphatic carbocycles. The second-order valence-corrected chi connectivity index (χ2v) is 4.91. The highest BCUT2D eigenvalue weighted by Gasteiger charge is 2.05. The molecule has 100 valence electrons. The summed E-state index contributed by atoms with van der Waals surface area (Å²) >= 11 is 5.86. The topological polar surface area (TPSA) is 35.0 Å². The van der Waals surface area contributed by atoms with Gasteiger partial charge in [-0.2, -0.15) is 0 Å². The van der Waals surface area contributed by atoms with E-state index in [4.69, 9.17) is 16.3 Å². The van der Waals surface area contributed by atoms with Crippen molar-refractivity contribution in [2.75, 3.05) is 0 Å². The number of nitrogens with zero attached hydrogens (tertiary/aromatic N) is 2. The van der Waals surface area contributed by atoms with Crippen LogP contribution >= 0.6 is 11.6 Å². The minimum Gasteiger partial charge on any atom is -0.485 e. The Morgan fingerprint density at radius 2 is 1.85 bits per heavy atom. The molecule has 3 aromatic rings. The maximum Gasteiger partial charge on any atom is 0.146 e. The largest absolute Gasteiger partial charge is 0.485 e. The van der Waals surface area contributed by atoms with Crippen molar-refractivity contribution in [1.29, 1.82) is 0 Å². The number of aryl methyl sites for hydroxylation is 1. The van der Waals surface area contributed by atoms with Crippen molar-refractivity contribution >= 4 is 22.5 Å². The van der Waals surface area contributed by atoms with Gasteiger partial charge < -0.3 is 4.74 Å². The van der Waals surface area contributed by atoms with Crippen LogP contribution in [0.15, 0.2) is 48.5 Å². The lowest BCUT2D eigenvalue weighted by atomic mass is 10.2. The van der Waals surface area contributed by atoms with E-state index in [1.807, 2.05) is 49.4 Å². The van der Waals surface area contributed by atoms with E-state index in [1.54, 1.807) is 6.07 Å². The molecule has 0 aliphatic heterocycles. The van der Waals surface area contributed by atoms with Crippen LogP contribution in [0, 0.1) is 6.92 Å². The molecule has 0 saturated carbocycles. The molecule has 2 aromatic heterocycles. The molecule has 0 amide bonds. The normalized spacial score (nSPS) is 10.7. The zero-order valence-electron chi connectivity index (χ0n) is 11.0. The summed E-state index contributed by atoms with van der Waals surface area (Å²) < 4.78 is 5.83. The molecule has 3 rings (SSSR count). The minimum atomic E-state index is 0.370. The van der Waals surface area contributed by atoms with Crippen molar-refractivity contribution < 1.29 is 4.74 Å². The van der Waals surface area contributed by atoms with E-state index >= 15 is 0 Å². The van der Waals surface area contributed by atoms with Gasteiger partial charge >= 0.3 is 0 Å². The van der Waals surface area contributed by atoms with Crippen LogP contribution in [-0.4, -0.2) is 9.97 Å². The lowest BCUT2D eigenvalue weighted by Crippen LogP contribution is -1.99. The number of hydrogen-bond acceptors (Lipinski definition) is 3. The van der Waals surface area contributed by atoms with Gasteiger partial charge in [-0.25, -0.2) is 9.97 Å². The number of hydrogen-bond donors (Lipinski definition) is 0. The number of pyridine rings is 2. The Hall–Kier alpha value is -2.13. The Balaban J connectivity index is 1.89. The molecule has 0 atom stereocenters. The fourth-order valence-electron chi connectivity index (χ4n) is 2.02. The third-order valence-corrected chi connectivity index (χ3v) is 3.18. The molecule has 2 heterocycles. The van der Waals surface area contributed by atoms with E-state index in [-0.39, 0.29) is 0 Å². The smallest absolute Gasteiger partial charge is 0.146 e. The predicted molar refractivity (Wildman–Crippen MR) is 80.1 cm³/mol. The maximum absolute atomic E-state index is 5.86. The molecule has 0 spiro atoms. The number of para-hydroxylation sites is 1. The van der Waals surface area contributed by atoms with Crippen LogP contribution in [-0.2, 0) is 6.61 Å². The van der Waals surface area contributed by atoms with Crippen molar-refractivity contribution in [1.82, 2.24) is 9.97 Å². The average Bonchev–Trinajstić information content (AvgIpc) is 2.45. The van der Waals surface area contributed by atoms with Gasteiger partial charge in [0.1, 0.15) is 23.0 Å². The predicted octanol–water partition coefficient (Wildman–Crippen LogP) is 4.17. The minimum absolute atomic E-state index is 0.370. The second kappa shape index (κ2) is 5.47. The Bertz CT molecular complexity index is 758. The van der Waals surface area contributed by atoms with Crippen LogP contribution in [0.1, 0.15) is 11.4 Å². The molecule has 0 saturated heterocycles. The van der Waals surface area contributed by atoms with Crippen molar-refractivity contribution in [3.63, 3.8) is 0 Å². The molecular formula is C16H13ClN2O. The van der Waals surface area contributed by atoms with E-state index in [0.717, 1.165) is 28.0 Å².